The molecule has 0 heterocycles. The molecule has 0 aliphatic carbocycles. The third-order valence-corrected chi connectivity index (χ3v) is 2.86. The molecule has 5 heteroatoms. The van der Waals surface area contributed by atoms with E-state index >= 15 is 0 Å². The van der Waals surface area contributed by atoms with E-state index < -0.39 is 10.1 Å². The summed E-state index contributed by atoms with van der Waals surface area (Å²) in [5.41, 5.74) is 2.06. The normalized spacial score (nSPS) is 10.6. The molecule has 82 valence electrons. The van der Waals surface area contributed by atoms with Gasteiger partial charge in [-0.2, -0.15) is 0 Å². The maximum Gasteiger partial charge on any atom is 1.00 e. The zero-order chi connectivity index (χ0) is 11.3. The van der Waals surface area contributed by atoms with E-state index in [2.05, 4.69) is 6.58 Å². The summed E-state index contributed by atoms with van der Waals surface area (Å²) in [5, 5.41) is 0. The van der Waals surface area contributed by atoms with Gasteiger partial charge < -0.3 is 4.55 Å². The molecule has 0 atom stereocenters. The summed E-state index contributed by atoms with van der Waals surface area (Å²) in [4.78, 5) is 0. The van der Waals surface area contributed by atoms with Gasteiger partial charge in [0.25, 0.3) is 0 Å². The van der Waals surface area contributed by atoms with Crippen molar-refractivity contribution in [3.8, 4) is 0 Å². The van der Waals surface area contributed by atoms with E-state index in [1.54, 1.807) is 6.08 Å². The van der Waals surface area contributed by atoms with Crippen molar-refractivity contribution in [2.24, 2.45) is 0 Å². The molecule has 0 aliphatic rings. The molecular formula is C11H13NaO3S. The van der Waals surface area contributed by atoms with E-state index in [4.69, 9.17) is 0 Å². The fourth-order valence-corrected chi connectivity index (χ4v) is 1.77. The first kappa shape index (κ1) is 15.9. The zero-order valence-electron chi connectivity index (χ0n) is 9.35. The Hall–Kier alpha value is -0.130. The fraction of sp³-hybridized carbons (Fsp3) is 0.273. The van der Waals surface area contributed by atoms with Crippen molar-refractivity contribution in [1.82, 2.24) is 0 Å². The largest absolute Gasteiger partial charge is 1.00 e. The van der Waals surface area contributed by atoms with Crippen molar-refractivity contribution in [1.29, 1.82) is 0 Å². The molecule has 3 nitrogen and oxygen atoms in total. The molecule has 0 fully saturated rings. The van der Waals surface area contributed by atoms with Crippen LogP contribution in [0.15, 0.2) is 30.8 Å². The van der Waals surface area contributed by atoms with Crippen molar-refractivity contribution in [3.05, 3.63) is 42.0 Å². The molecule has 1 aromatic carbocycles. The van der Waals surface area contributed by atoms with E-state index in [1.165, 1.54) is 0 Å². The molecule has 0 unspecified atom stereocenters. The standard InChI is InChI=1S/C11H14O3S.Na/c1-2-10-5-7-11(8-6-10)4-3-9-15(12,13)14;/h2,5-8H,1,3-4,9H2,(H,12,13,14);/q;+1/p-1. The molecule has 0 N–H and O–H groups in total. The zero-order valence-corrected chi connectivity index (χ0v) is 12.2. The van der Waals surface area contributed by atoms with Gasteiger partial charge in [-0.25, -0.2) is 8.42 Å². The molecule has 0 saturated carbocycles. The van der Waals surface area contributed by atoms with Gasteiger partial charge in [-0.3, -0.25) is 0 Å². The Morgan fingerprint density at radius 2 is 1.81 bits per heavy atom. The van der Waals surface area contributed by atoms with Crippen LogP contribution in [-0.2, 0) is 16.5 Å². The van der Waals surface area contributed by atoms with Crippen molar-refractivity contribution in [3.63, 3.8) is 0 Å². The predicted molar refractivity (Wildman–Crippen MR) is 59.4 cm³/mol. The first-order valence-electron chi connectivity index (χ1n) is 4.66. The van der Waals surface area contributed by atoms with Crippen LogP contribution in [-0.4, -0.2) is 18.7 Å². The molecule has 1 rings (SSSR count). The molecule has 0 radical (unpaired) electrons. The minimum Gasteiger partial charge on any atom is -0.748 e. The van der Waals surface area contributed by atoms with Crippen LogP contribution in [0.3, 0.4) is 0 Å². The molecule has 0 saturated heterocycles. The molecule has 1 aromatic rings. The number of rotatable bonds is 5. The molecule has 0 amide bonds. The summed E-state index contributed by atoms with van der Waals surface area (Å²) < 4.78 is 31.1. The molecule has 0 aromatic heterocycles. The average molecular weight is 248 g/mol. The van der Waals surface area contributed by atoms with Crippen LogP contribution < -0.4 is 29.6 Å². The maximum absolute atomic E-state index is 10.4. The second kappa shape index (κ2) is 7.25. The van der Waals surface area contributed by atoms with E-state index in [1.807, 2.05) is 24.3 Å². The van der Waals surface area contributed by atoms with Crippen LogP contribution >= 0.6 is 0 Å². The summed E-state index contributed by atoms with van der Waals surface area (Å²) >= 11 is 0. The topological polar surface area (TPSA) is 57.2 Å². The summed E-state index contributed by atoms with van der Waals surface area (Å²) in [5.74, 6) is -0.295. The minimum atomic E-state index is -4.07. The Kier molecular flexibility index (Phi) is 7.19. The van der Waals surface area contributed by atoms with Crippen LogP contribution in [0, 0.1) is 0 Å². The van der Waals surface area contributed by atoms with Crippen LogP contribution in [0.4, 0.5) is 0 Å². The summed E-state index contributed by atoms with van der Waals surface area (Å²) in [6.45, 7) is 3.63. The number of aryl methyl sites for hydroxylation is 1. The number of benzene rings is 1. The second-order valence-electron chi connectivity index (χ2n) is 3.31. The SMILES string of the molecule is C=Cc1ccc(CCCS(=O)(=O)[O-])cc1.[Na+]. The van der Waals surface area contributed by atoms with Crippen molar-refractivity contribution in [2.45, 2.75) is 12.8 Å². The smallest absolute Gasteiger partial charge is 0.748 e. The van der Waals surface area contributed by atoms with Gasteiger partial charge in [0.05, 0.1) is 10.1 Å². The Bertz CT molecular complexity index is 423. The van der Waals surface area contributed by atoms with Gasteiger partial charge in [-0.15, -0.1) is 0 Å². The Morgan fingerprint density at radius 1 is 1.25 bits per heavy atom. The molecule has 0 bridgehead atoms. The third-order valence-electron chi connectivity index (χ3n) is 2.08. The van der Waals surface area contributed by atoms with Gasteiger partial charge in [0.15, 0.2) is 0 Å². The van der Waals surface area contributed by atoms with Crippen molar-refractivity contribution in [2.75, 3.05) is 5.75 Å². The van der Waals surface area contributed by atoms with Crippen LogP contribution in [0.2, 0.25) is 0 Å². The van der Waals surface area contributed by atoms with Crippen molar-refractivity contribution < 1.29 is 42.5 Å². The second-order valence-corrected chi connectivity index (χ2v) is 4.83. The molecular weight excluding hydrogens is 235 g/mol. The van der Waals surface area contributed by atoms with Gasteiger partial charge in [0.2, 0.25) is 0 Å². The van der Waals surface area contributed by atoms with Crippen LogP contribution in [0.25, 0.3) is 6.08 Å². The Balaban J connectivity index is 0.00000225. The monoisotopic (exact) mass is 248 g/mol. The summed E-state index contributed by atoms with van der Waals surface area (Å²) in [6.07, 6.45) is 2.73. The van der Waals surface area contributed by atoms with Crippen molar-refractivity contribution >= 4 is 16.2 Å². The Labute approximate surface area is 119 Å². The van der Waals surface area contributed by atoms with Gasteiger partial charge >= 0.3 is 29.6 Å². The molecule has 0 spiro atoms. The van der Waals surface area contributed by atoms with Gasteiger partial charge in [-0.1, -0.05) is 36.9 Å². The van der Waals surface area contributed by atoms with E-state index in [0.29, 0.717) is 12.8 Å². The van der Waals surface area contributed by atoms with Crippen LogP contribution in [0.1, 0.15) is 17.5 Å². The average Bonchev–Trinajstić information content (AvgIpc) is 2.17. The molecule has 16 heavy (non-hydrogen) atoms. The van der Waals surface area contributed by atoms with E-state index in [0.717, 1.165) is 11.1 Å². The fourth-order valence-electron chi connectivity index (χ4n) is 1.27. The van der Waals surface area contributed by atoms with Crippen LogP contribution in [0.5, 0.6) is 0 Å². The number of hydrogen-bond donors (Lipinski definition) is 0. The van der Waals surface area contributed by atoms with E-state index in [-0.39, 0.29) is 35.3 Å². The summed E-state index contributed by atoms with van der Waals surface area (Å²) in [7, 11) is -4.07. The number of hydrogen-bond acceptors (Lipinski definition) is 3. The van der Waals surface area contributed by atoms with Gasteiger partial charge in [-0.05, 0) is 24.0 Å². The van der Waals surface area contributed by atoms with Gasteiger partial charge in [0, 0.05) is 5.75 Å². The third kappa shape index (κ3) is 6.45. The first-order valence-corrected chi connectivity index (χ1v) is 6.24. The molecule has 0 aliphatic heterocycles. The predicted octanol–water partition coefficient (Wildman–Crippen LogP) is -1.19. The Morgan fingerprint density at radius 3 is 2.25 bits per heavy atom. The first-order chi connectivity index (χ1) is 7.01. The maximum atomic E-state index is 10.4. The quantitative estimate of drug-likeness (QED) is 0.486. The minimum absolute atomic E-state index is 0. The summed E-state index contributed by atoms with van der Waals surface area (Å²) in [6, 6.07) is 7.64. The van der Waals surface area contributed by atoms with E-state index in [9.17, 15) is 13.0 Å². The van der Waals surface area contributed by atoms with Gasteiger partial charge in [0.1, 0.15) is 0 Å².